The second-order valence-corrected chi connectivity index (χ2v) is 9.40. The van der Waals surface area contributed by atoms with Gasteiger partial charge in [0.25, 0.3) is 5.78 Å². The summed E-state index contributed by atoms with van der Waals surface area (Å²) in [7, 11) is 0. The smallest absolute Gasteiger partial charge is 0.397 e. The summed E-state index contributed by atoms with van der Waals surface area (Å²) in [5, 5.41) is 2.77. The van der Waals surface area contributed by atoms with Gasteiger partial charge in [0.1, 0.15) is 21.3 Å². The molecular formula is C28H17F2N4O3S+. The van der Waals surface area contributed by atoms with Gasteiger partial charge in [-0.1, -0.05) is 48.5 Å². The summed E-state index contributed by atoms with van der Waals surface area (Å²) in [4.78, 5) is 31.4. The first kappa shape index (κ1) is 23.4. The molecule has 0 unspecified atom stereocenters. The molecule has 6 aromatic rings. The molecule has 0 aliphatic carbocycles. The maximum Gasteiger partial charge on any atom is 0.439 e. The summed E-state index contributed by atoms with van der Waals surface area (Å²) in [6.45, 7) is 0. The lowest BCUT2D eigenvalue weighted by Gasteiger charge is -2.10. The molecule has 3 aromatic heterocycles. The van der Waals surface area contributed by atoms with Crippen LogP contribution in [0.5, 0.6) is 0 Å². The zero-order valence-electron chi connectivity index (χ0n) is 19.4. The third kappa shape index (κ3) is 3.87. The second-order valence-electron chi connectivity index (χ2n) is 8.40. The standard InChI is InChI=1S/C28H16F2N4O3S/c29-16-11-12-18(20(30)13-16)19-14-21(15-7-3-1-4-8-15)32-27-22(19)23(31)26(38-27)25(35)24-28(36)37-33-34(24)17-9-5-2-6-10-17/h1-14H,(H2-,31,33,35,36)/p+1. The average Bonchev–Trinajstić information content (AvgIpc) is 3.48. The maximum absolute atomic E-state index is 15.0. The number of H-pyrrole nitrogens is 1. The molecule has 3 N–H and O–H groups in total. The molecule has 0 amide bonds. The highest BCUT2D eigenvalue weighted by Gasteiger charge is 2.35. The number of rotatable bonds is 5. The van der Waals surface area contributed by atoms with Crippen molar-refractivity contribution < 1.29 is 22.8 Å². The Hall–Kier alpha value is -4.96. The number of para-hydroxylation sites is 1. The number of hydrogen-bond acceptors (Lipinski definition) is 6. The summed E-state index contributed by atoms with van der Waals surface area (Å²) in [5.74, 6) is -2.20. The van der Waals surface area contributed by atoms with Gasteiger partial charge < -0.3 is 5.73 Å². The van der Waals surface area contributed by atoms with E-state index in [-0.39, 0.29) is 21.8 Å². The number of benzene rings is 3. The van der Waals surface area contributed by atoms with Crippen LogP contribution < -0.4 is 16.0 Å². The highest BCUT2D eigenvalue weighted by atomic mass is 32.1. The summed E-state index contributed by atoms with van der Waals surface area (Å²) in [6.07, 6.45) is 0. The Balaban J connectivity index is 1.60. The normalized spacial score (nSPS) is 11.2. The minimum absolute atomic E-state index is 0.0287. The molecule has 10 heteroatoms. The molecule has 0 saturated heterocycles. The zero-order chi connectivity index (χ0) is 26.4. The summed E-state index contributed by atoms with van der Waals surface area (Å²) < 4.78 is 34.9. The molecule has 3 heterocycles. The number of carbonyl (C=O) groups excluding carboxylic acids is 1. The first-order valence-corrected chi connectivity index (χ1v) is 12.2. The number of thiophene rings is 1. The van der Waals surface area contributed by atoms with Crippen LogP contribution in [0, 0.1) is 11.6 Å². The molecule has 38 heavy (non-hydrogen) atoms. The number of aromatic amines is 1. The topological polar surface area (TPSA) is 106 Å². The molecule has 0 spiro atoms. The Morgan fingerprint density at radius 2 is 1.66 bits per heavy atom. The van der Waals surface area contributed by atoms with Crippen LogP contribution >= 0.6 is 11.3 Å². The fraction of sp³-hybridized carbons (Fsp3) is 0. The number of halogens is 2. The van der Waals surface area contributed by atoms with Crippen molar-refractivity contribution in [2.45, 2.75) is 0 Å². The van der Waals surface area contributed by atoms with E-state index in [2.05, 4.69) is 5.27 Å². The lowest BCUT2D eigenvalue weighted by Crippen LogP contribution is -2.41. The van der Waals surface area contributed by atoms with Gasteiger partial charge in [0.05, 0.1) is 11.4 Å². The van der Waals surface area contributed by atoms with Gasteiger partial charge in [-0.15, -0.1) is 11.3 Å². The number of anilines is 1. The Bertz CT molecular complexity index is 1900. The Morgan fingerprint density at radius 3 is 2.37 bits per heavy atom. The summed E-state index contributed by atoms with van der Waals surface area (Å²) >= 11 is 0.980. The number of carbonyl (C=O) groups is 1. The maximum atomic E-state index is 15.0. The molecule has 0 saturated carbocycles. The minimum atomic E-state index is -0.876. The van der Waals surface area contributed by atoms with Gasteiger partial charge in [0, 0.05) is 34.7 Å². The van der Waals surface area contributed by atoms with Crippen LogP contribution in [0.1, 0.15) is 15.4 Å². The highest BCUT2D eigenvalue weighted by Crippen LogP contribution is 2.42. The number of nitrogens with zero attached hydrogens (tertiary/aromatic N) is 2. The molecule has 7 nitrogen and oxygen atoms in total. The quantitative estimate of drug-likeness (QED) is 0.234. The first-order valence-electron chi connectivity index (χ1n) is 11.4. The number of aromatic nitrogens is 3. The van der Waals surface area contributed by atoms with Crippen molar-refractivity contribution >= 4 is 33.0 Å². The number of nitrogen functional groups attached to an aromatic ring is 1. The van der Waals surface area contributed by atoms with Gasteiger partial charge >= 0.3 is 11.3 Å². The molecule has 0 radical (unpaired) electrons. The van der Waals surface area contributed by atoms with Crippen molar-refractivity contribution in [2.24, 2.45) is 0 Å². The van der Waals surface area contributed by atoms with Gasteiger partial charge in [0.15, 0.2) is 0 Å². The largest absolute Gasteiger partial charge is 0.439 e. The van der Waals surface area contributed by atoms with Gasteiger partial charge in [-0.3, -0.25) is 9.32 Å². The third-order valence-corrected chi connectivity index (χ3v) is 7.17. The second kappa shape index (κ2) is 9.16. The van der Waals surface area contributed by atoms with E-state index in [0.717, 1.165) is 29.0 Å². The lowest BCUT2D eigenvalue weighted by atomic mass is 9.98. The van der Waals surface area contributed by atoms with E-state index < -0.39 is 23.0 Å². The number of nitrogens with two attached hydrogens (primary N) is 1. The summed E-state index contributed by atoms with van der Waals surface area (Å²) in [6, 6.07) is 22.8. The van der Waals surface area contributed by atoms with E-state index in [9.17, 15) is 18.4 Å². The Morgan fingerprint density at radius 1 is 0.947 bits per heavy atom. The number of hydrogen-bond donors (Lipinski definition) is 2. The molecule has 186 valence electrons. The predicted molar refractivity (Wildman–Crippen MR) is 139 cm³/mol. The molecule has 3 aromatic carbocycles. The van der Waals surface area contributed by atoms with Crippen molar-refractivity contribution in [3.63, 3.8) is 0 Å². The first-order chi connectivity index (χ1) is 18.4. The van der Waals surface area contributed by atoms with E-state index in [1.807, 2.05) is 30.3 Å². The molecule has 0 aliphatic heterocycles. The van der Waals surface area contributed by atoms with E-state index in [1.54, 1.807) is 36.4 Å². The summed E-state index contributed by atoms with van der Waals surface area (Å²) in [5.41, 5.74) is 7.57. The van der Waals surface area contributed by atoms with Crippen molar-refractivity contribution in [3.05, 3.63) is 118 Å². The SMILES string of the molecule is Nc1c(C(=O)c2c(=O)o[nH][n+]2-c2ccccc2)sc2nc(-c3ccccc3)cc(-c3ccc(F)cc3F)c12. The van der Waals surface area contributed by atoms with E-state index >= 15 is 0 Å². The van der Waals surface area contributed by atoms with Gasteiger partial charge in [0.2, 0.25) is 5.69 Å². The van der Waals surface area contributed by atoms with E-state index in [4.69, 9.17) is 15.2 Å². The Labute approximate surface area is 217 Å². The van der Waals surface area contributed by atoms with Crippen LogP contribution in [0.4, 0.5) is 14.5 Å². The number of nitrogens with one attached hydrogen (secondary N) is 1. The van der Waals surface area contributed by atoms with Crippen molar-refractivity contribution in [1.29, 1.82) is 0 Å². The number of fused-ring (bicyclic) bond motifs is 1. The zero-order valence-corrected chi connectivity index (χ0v) is 20.3. The fourth-order valence-corrected chi connectivity index (χ4v) is 5.36. The molecule has 0 aliphatic rings. The molecule has 0 fully saturated rings. The lowest BCUT2D eigenvalue weighted by molar-refractivity contribution is -0.672. The van der Waals surface area contributed by atoms with Crippen LogP contribution in [-0.4, -0.2) is 16.0 Å². The van der Waals surface area contributed by atoms with Crippen LogP contribution in [0.3, 0.4) is 0 Å². The highest BCUT2D eigenvalue weighted by molar-refractivity contribution is 7.21. The molecule has 0 atom stereocenters. The minimum Gasteiger partial charge on any atom is -0.397 e. The van der Waals surface area contributed by atoms with E-state index in [1.165, 1.54) is 10.7 Å². The average molecular weight is 528 g/mol. The van der Waals surface area contributed by atoms with Crippen LogP contribution in [0.25, 0.3) is 38.3 Å². The number of ketones is 1. The van der Waals surface area contributed by atoms with Crippen molar-refractivity contribution in [2.75, 3.05) is 5.73 Å². The Kier molecular flexibility index (Phi) is 5.65. The van der Waals surface area contributed by atoms with E-state index in [0.29, 0.717) is 27.2 Å². The third-order valence-electron chi connectivity index (χ3n) is 6.07. The van der Waals surface area contributed by atoms with Gasteiger partial charge in [-0.2, -0.15) is 0 Å². The molecular weight excluding hydrogens is 510 g/mol. The van der Waals surface area contributed by atoms with Crippen molar-refractivity contribution in [3.8, 4) is 28.1 Å². The fourth-order valence-electron chi connectivity index (χ4n) is 4.30. The number of pyridine rings is 1. The van der Waals surface area contributed by atoms with Crippen LogP contribution in [0.2, 0.25) is 0 Å². The molecule has 0 bridgehead atoms. The van der Waals surface area contributed by atoms with Gasteiger partial charge in [-0.25, -0.2) is 18.6 Å². The van der Waals surface area contributed by atoms with Crippen molar-refractivity contribution in [1.82, 2.24) is 10.3 Å². The van der Waals surface area contributed by atoms with Crippen LogP contribution in [-0.2, 0) is 0 Å². The molecule has 6 rings (SSSR count). The predicted octanol–water partition coefficient (Wildman–Crippen LogP) is 5.28. The van der Waals surface area contributed by atoms with Crippen LogP contribution in [0.15, 0.2) is 94.2 Å². The van der Waals surface area contributed by atoms with Gasteiger partial charge in [-0.05, 0) is 33.7 Å². The monoisotopic (exact) mass is 527 g/mol.